The van der Waals surface area contributed by atoms with Gasteiger partial charge in [0.25, 0.3) is 0 Å². The Labute approximate surface area is 74.0 Å². The normalized spacial score (nSPS) is 20.2. The topological polar surface area (TPSA) is 75.6 Å². The van der Waals surface area contributed by atoms with Crippen LogP contribution in [-0.2, 0) is 13.7 Å². The molecule has 2 unspecified atom stereocenters. The zero-order valence-electron chi connectivity index (χ0n) is 6.52. The van der Waals surface area contributed by atoms with Crippen molar-refractivity contribution >= 4 is 15.7 Å². The van der Waals surface area contributed by atoms with Crippen LogP contribution in [0.15, 0.2) is 12.7 Å². The van der Waals surface area contributed by atoms with Gasteiger partial charge < -0.3 is 4.89 Å². The Hall–Kier alpha value is -0.0600. The van der Waals surface area contributed by atoms with Crippen molar-refractivity contribution in [3.05, 3.63) is 12.7 Å². The highest BCUT2D eigenvalue weighted by atomic mass is 31.3. The summed E-state index contributed by atoms with van der Waals surface area (Å²) in [5.74, 6) is 0. The van der Waals surface area contributed by atoms with E-state index in [2.05, 4.69) is 11.1 Å². The summed E-state index contributed by atoms with van der Waals surface area (Å²) in [6.07, 6.45) is 1.55. The lowest BCUT2D eigenvalue weighted by Crippen LogP contribution is -2.04. The van der Waals surface area contributed by atoms with Crippen molar-refractivity contribution in [2.24, 2.45) is 0 Å². The van der Waals surface area contributed by atoms with Gasteiger partial charge in [-0.2, -0.15) is 0 Å². The van der Waals surface area contributed by atoms with Gasteiger partial charge in [-0.05, 0) is 6.42 Å². The molecular formula is C4H9F2NO4P2. The molecular weight excluding hydrogens is 226 g/mol. The monoisotopic (exact) mass is 235 g/mol. The summed E-state index contributed by atoms with van der Waals surface area (Å²) in [5, 5.41) is 0. The van der Waals surface area contributed by atoms with Crippen molar-refractivity contribution in [1.82, 2.24) is 4.86 Å². The van der Waals surface area contributed by atoms with Crippen molar-refractivity contribution in [3.63, 3.8) is 0 Å². The number of nitrogens with one attached hydrogen (secondary N) is 1. The molecule has 0 saturated heterocycles. The Morgan fingerprint density at radius 2 is 2.08 bits per heavy atom. The second kappa shape index (κ2) is 4.98. The Morgan fingerprint density at radius 1 is 1.54 bits per heavy atom. The summed E-state index contributed by atoms with van der Waals surface area (Å²) in [6, 6.07) is 0. The Balaban J connectivity index is 4.02. The zero-order valence-corrected chi connectivity index (χ0v) is 8.31. The smallest absolute Gasteiger partial charge is 0.309 e. The van der Waals surface area contributed by atoms with Gasteiger partial charge >= 0.3 is 15.7 Å². The van der Waals surface area contributed by atoms with Gasteiger partial charge in [0, 0.05) is 0 Å². The average molecular weight is 235 g/mol. The molecule has 2 N–H and O–H groups in total. The maximum absolute atomic E-state index is 12.5. The van der Waals surface area contributed by atoms with E-state index in [4.69, 9.17) is 4.89 Å². The molecule has 13 heavy (non-hydrogen) atoms. The minimum absolute atomic E-state index is 0.192. The van der Waals surface area contributed by atoms with Gasteiger partial charge in [0.15, 0.2) is 0 Å². The molecule has 2 atom stereocenters. The fraction of sp³-hybridized carbons (Fsp3) is 0.500. The van der Waals surface area contributed by atoms with Crippen LogP contribution in [0.3, 0.4) is 0 Å². The Morgan fingerprint density at radius 3 is 2.46 bits per heavy atom. The van der Waals surface area contributed by atoms with Gasteiger partial charge in [0.05, 0.1) is 6.61 Å². The lowest BCUT2D eigenvalue weighted by atomic mass is 10.5. The van der Waals surface area contributed by atoms with Gasteiger partial charge in [0.2, 0.25) is 0 Å². The van der Waals surface area contributed by atoms with Crippen molar-refractivity contribution < 1.29 is 26.9 Å². The van der Waals surface area contributed by atoms with E-state index in [1.807, 2.05) is 0 Å². The van der Waals surface area contributed by atoms with E-state index < -0.39 is 15.7 Å². The van der Waals surface area contributed by atoms with Crippen LogP contribution in [0.2, 0.25) is 0 Å². The molecule has 0 heterocycles. The first-order valence-corrected chi connectivity index (χ1v) is 6.20. The highest BCUT2D eigenvalue weighted by Gasteiger charge is 2.32. The van der Waals surface area contributed by atoms with Crippen molar-refractivity contribution in [2.45, 2.75) is 6.42 Å². The van der Waals surface area contributed by atoms with Crippen LogP contribution in [0.5, 0.6) is 0 Å². The first-order chi connectivity index (χ1) is 5.77. The van der Waals surface area contributed by atoms with E-state index in [1.165, 1.54) is 6.08 Å². The molecule has 0 aliphatic heterocycles. The number of halogens is 2. The second-order valence-corrected chi connectivity index (χ2v) is 5.01. The quantitative estimate of drug-likeness (QED) is 0.419. The highest BCUT2D eigenvalue weighted by Crippen LogP contribution is 2.55. The van der Waals surface area contributed by atoms with E-state index in [1.54, 1.807) is 0 Å². The molecule has 9 heteroatoms. The molecule has 0 fully saturated rings. The Bertz CT molecular complexity index is 265. The predicted octanol–water partition coefficient (Wildman–Crippen LogP) is 2.32. The summed E-state index contributed by atoms with van der Waals surface area (Å²) in [5.41, 5.74) is 0. The summed E-state index contributed by atoms with van der Waals surface area (Å²) >= 11 is 0. The standard InChI is InChI=1S/C4H9F2NO4P2/c1-2-3-4-11-13(6,10)7-12(5,8)9/h2H,1,3-4H2,(H2,7,8,9,10). The van der Waals surface area contributed by atoms with Gasteiger partial charge in [-0.15, -0.1) is 19.8 Å². The third-order valence-corrected chi connectivity index (χ3v) is 3.28. The fourth-order valence-electron chi connectivity index (χ4n) is 0.430. The van der Waals surface area contributed by atoms with Gasteiger partial charge in [-0.1, -0.05) is 6.08 Å². The minimum atomic E-state index is -5.37. The number of hydrogen-bond acceptors (Lipinski definition) is 3. The maximum Gasteiger partial charge on any atom is 0.452 e. The lowest BCUT2D eigenvalue weighted by Gasteiger charge is -2.09. The summed E-state index contributed by atoms with van der Waals surface area (Å²) < 4.78 is 48.8. The lowest BCUT2D eigenvalue weighted by molar-refractivity contribution is 0.286. The molecule has 0 radical (unpaired) electrons. The molecule has 0 saturated carbocycles. The Kier molecular flexibility index (Phi) is 4.96. The van der Waals surface area contributed by atoms with Crippen LogP contribution in [0.1, 0.15) is 6.42 Å². The molecule has 0 aromatic rings. The fourth-order valence-corrected chi connectivity index (χ4v) is 2.18. The molecule has 0 aliphatic rings. The third kappa shape index (κ3) is 8.28. The summed E-state index contributed by atoms with van der Waals surface area (Å²) in [7, 11) is -10.4. The van der Waals surface area contributed by atoms with Crippen LogP contribution < -0.4 is 4.86 Å². The van der Waals surface area contributed by atoms with Crippen LogP contribution in [0.25, 0.3) is 0 Å². The van der Waals surface area contributed by atoms with Crippen LogP contribution in [0.4, 0.5) is 8.39 Å². The molecule has 0 spiro atoms. The molecule has 0 aliphatic carbocycles. The zero-order chi connectivity index (χ0) is 10.5. The number of rotatable bonds is 6. The van der Waals surface area contributed by atoms with Gasteiger partial charge in [0.1, 0.15) is 0 Å². The maximum atomic E-state index is 12.5. The first-order valence-electron chi connectivity index (χ1n) is 3.14. The first kappa shape index (κ1) is 12.9. The minimum Gasteiger partial charge on any atom is -0.309 e. The molecule has 0 amide bonds. The highest BCUT2D eigenvalue weighted by molar-refractivity contribution is 7.66. The van der Waals surface area contributed by atoms with Crippen LogP contribution in [-0.4, -0.2) is 11.5 Å². The molecule has 0 aromatic carbocycles. The van der Waals surface area contributed by atoms with E-state index in [-0.39, 0.29) is 13.0 Å². The van der Waals surface area contributed by atoms with Gasteiger partial charge in [-0.3, -0.25) is 4.52 Å². The van der Waals surface area contributed by atoms with Crippen molar-refractivity contribution in [2.75, 3.05) is 6.61 Å². The average Bonchev–Trinajstić information content (AvgIpc) is 1.81. The molecule has 78 valence electrons. The predicted molar refractivity (Wildman–Crippen MR) is 43.5 cm³/mol. The third-order valence-electron chi connectivity index (χ3n) is 0.822. The SMILES string of the molecule is C=CCCOP(=O)(F)NP(=O)(O)F. The largest absolute Gasteiger partial charge is 0.452 e. The van der Waals surface area contributed by atoms with E-state index in [9.17, 15) is 17.5 Å². The molecule has 0 rings (SSSR count). The van der Waals surface area contributed by atoms with Crippen molar-refractivity contribution in [3.8, 4) is 0 Å². The van der Waals surface area contributed by atoms with Crippen molar-refractivity contribution in [1.29, 1.82) is 0 Å². The van der Waals surface area contributed by atoms with E-state index in [0.29, 0.717) is 0 Å². The van der Waals surface area contributed by atoms with Crippen LogP contribution >= 0.6 is 15.7 Å². The number of hydrogen-bond donors (Lipinski definition) is 2. The van der Waals surface area contributed by atoms with Gasteiger partial charge in [-0.25, -0.2) is 9.13 Å². The van der Waals surface area contributed by atoms with E-state index in [0.717, 1.165) is 4.86 Å². The second-order valence-electron chi connectivity index (χ2n) is 1.99. The molecule has 0 aromatic heterocycles. The molecule has 0 bridgehead atoms. The summed E-state index contributed by atoms with van der Waals surface area (Å²) in [6.45, 7) is 2.95. The van der Waals surface area contributed by atoms with Crippen LogP contribution in [0, 0.1) is 0 Å². The molecule has 5 nitrogen and oxygen atoms in total. The summed E-state index contributed by atoms with van der Waals surface area (Å²) in [4.78, 5) is 8.71. The van der Waals surface area contributed by atoms with E-state index >= 15 is 0 Å².